The molecule has 2 aliphatic rings. The third-order valence-electron chi connectivity index (χ3n) is 12.7. The third-order valence-corrected chi connectivity index (χ3v) is 12.7. The summed E-state index contributed by atoms with van der Waals surface area (Å²) in [6, 6.07) is 77.4. The molecule has 0 radical (unpaired) electrons. The van der Waals surface area contributed by atoms with Gasteiger partial charge in [-0.25, -0.2) is 0 Å². The van der Waals surface area contributed by atoms with Gasteiger partial charge in [0, 0.05) is 46.0 Å². The van der Waals surface area contributed by atoms with Crippen molar-refractivity contribution in [2.45, 2.75) is 57.0 Å². The van der Waals surface area contributed by atoms with Crippen LogP contribution in [0.3, 0.4) is 0 Å². The SMILES string of the molecule is c1ccc(OC(Oc2ccc(N(c3ccccc3)c3ccccc3C3CCC(C(Oc4ccccc4)Oc4ccc(N(c5ccccc5)c5ccccc5)cc4)C3)cc2)C2CCC2)cc1. The summed E-state index contributed by atoms with van der Waals surface area (Å²) in [6.07, 6.45) is 5.52. The Bertz CT molecular complexity index is 2640. The number of para-hydroxylation sites is 6. The van der Waals surface area contributed by atoms with Crippen LogP contribution in [0.5, 0.6) is 23.0 Å². The van der Waals surface area contributed by atoms with Crippen LogP contribution in [0.1, 0.15) is 50.0 Å². The second kappa shape index (κ2) is 19.9. The predicted octanol–water partition coefficient (Wildman–Crippen LogP) is 15.6. The van der Waals surface area contributed by atoms with Crippen LogP contribution in [0.15, 0.2) is 224 Å². The molecule has 65 heavy (non-hydrogen) atoms. The Kier molecular flexibility index (Phi) is 12.8. The molecule has 10 rings (SSSR count). The minimum absolute atomic E-state index is 0.154. The van der Waals surface area contributed by atoms with E-state index < -0.39 is 6.29 Å². The van der Waals surface area contributed by atoms with Crippen molar-refractivity contribution in [3.63, 3.8) is 0 Å². The molecule has 6 heteroatoms. The van der Waals surface area contributed by atoms with Crippen molar-refractivity contribution in [2.75, 3.05) is 9.80 Å². The van der Waals surface area contributed by atoms with E-state index in [1.807, 2.05) is 72.8 Å². The number of hydrogen-bond acceptors (Lipinski definition) is 6. The van der Waals surface area contributed by atoms with Crippen LogP contribution in [0.4, 0.5) is 34.1 Å². The Morgan fingerprint density at radius 3 is 1.15 bits per heavy atom. The van der Waals surface area contributed by atoms with Gasteiger partial charge in [0.2, 0.25) is 12.6 Å². The molecular formula is C59H54N2O4. The maximum Gasteiger partial charge on any atom is 0.243 e. The number of anilines is 6. The maximum atomic E-state index is 6.87. The first-order valence-electron chi connectivity index (χ1n) is 23.0. The lowest BCUT2D eigenvalue weighted by Gasteiger charge is -2.34. The molecule has 0 N–H and O–H groups in total. The summed E-state index contributed by atoms with van der Waals surface area (Å²) in [5.74, 6) is 4.01. The normalized spacial score (nSPS) is 16.7. The highest BCUT2D eigenvalue weighted by atomic mass is 16.7. The fourth-order valence-corrected chi connectivity index (χ4v) is 9.22. The van der Waals surface area contributed by atoms with Crippen LogP contribution in [0.2, 0.25) is 0 Å². The van der Waals surface area contributed by atoms with Gasteiger partial charge in [0.05, 0.1) is 0 Å². The van der Waals surface area contributed by atoms with Crippen LogP contribution >= 0.6 is 0 Å². The zero-order valence-electron chi connectivity index (χ0n) is 36.5. The summed E-state index contributed by atoms with van der Waals surface area (Å²) in [5, 5.41) is 0. The number of benzene rings is 8. The highest BCUT2D eigenvalue weighted by molar-refractivity contribution is 5.79. The van der Waals surface area contributed by atoms with Crippen molar-refractivity contribution < 1.29 is 18.9 Å². The highest BCUT2D eigenvalue weighted by Gasteiger charge is 2.36. The van der Waals surface area contributed by atoms with Crippen LogP contribution in [-0.2, 0) is 0 Å². The number of ether oxygens (including phenoxy) is 4. The van der Waals surface area contributed by atoms with Crippen molar-refractivity contribution in [2.24, 2.45) is 11.8 Å². The Balaban J connectivity index is 0.901. The van der Waals surface area contributed by atoms with Gasteiger partial charge < -0.3 is 28.7 Å². The van der Waals surface area contributed by atoms with E-state index in [9.17, 15) is 0 Å². The standard InChI is InChI=1S/C59H54N2O4/c1-6-21-47(22-7-1)60(48-23-8-2-9-24-48)50-35-39-55(40-36-50)65-59(63-53-29-14-5-15-30-53)46-34-33-45(43-46)56-31-16-17-32-57(56)61(49-25-10-3-11-26-49)51-37-41-54(42-38-51)64-58(44-19-18-20-44)62-52-27-12-4-13-28-52/h1-17,21-32,35-42,44-46,58-59H,18-20,33-34,43H2. The van der Waals surface area contributed by atoms with Gasteiger partial charge >= 0.3 is 0 Å². The van der Waals surface area contributed by atoms with Gasteiger partial charge in [-0.05, 0) is 159 Å². The summed E-state index contributed by atoms with van der Waals surface area (Å²) in [5.41, 5.74) is 7.86. The maximum absolute atomic E-state index is 6.87. The van der Waals surface area contributed by atoms with Gasteiger partial charge in [0.15, 0.2) is 0 Å². The molecule has 0 spiro atoms. The minimum atomic E-state index is -0.479. The Labute approximate surface area is 383 Å². The average Bonchev–Trinajstić information content (AvgIpc) is 3.84. The van der Waals surface area contributed by atoms with Gasteiger partial charge in [0.25, 0.3) is 0 Å². The molecule has 0 aliphatic heterocycles. The van der Waals surface area contributed by atoms with Crippen molar-refractivity contribution >= 4 is 34.1 Å². The lowest BCUT2D eigenvalue weighted by molar-refractivity contribution is -0.0659. The zero-order chi connectivity index (χ0) is 43.6. The molecule has 8 aromatic carbocycles. The van der Waals surface area contributed by atoms with E-state index in [0.29, 0.717) is 11.8 Å². The van der Waals surface area contributed by atoms with E-state index in [1.165, 1.54) is 12.0 Å². The lowest BCUT2D eigenvalue weighted by atomic mass is 9.85. The van der Waals surface area contributed by atoms with Gasteiger partial charge in [-0.2, -0.15) is 0 Å². The van der Waals surface area contributed by atoms with E-state index in [1.54, 1.807) is 0 Å². The summed E-state index contributed by atoms with van der Waals surface area (Å²) in [6.45, 7) is 0. The van der Waals surface area contributed by atoms with E-state index in [-0.39, 0.29) is 12.2 Å². The van der Waals surface area contributed by atoms with Gasteiger partial charge in [-0.3, -0.25) is 0 Å². The van der Waals surface area contributed by atoms with Crippen molar-refractivity contribution in [3.8, 4) is 23.0 Å². The van der Waals surface area contributed by atoms with Crippen LogP contribution in [0, 0.1) is 11.8 Å². The largest absolute Gasteiger partial charge is 0.455 e. The Morgan fingerprint density at radius 2 is 0.692 bits per heavy atom. The second-order valence-electron chi connectivity index (χ2n) is 17.0. The predicted molar refractivity (Wildman–Crippen MR) is 263 cm³/mol. The molecule has 0 aromatic heterocycles. The fraction of sp³-hybridized carbons (Fsp3) is 0.186. The second-order valence-corrected chi connectivity index (χ2v) is 17.0. The molecule has 6 nitrogen and oxygen atoms in total. The van der Waals surface area contributed by atoms with Crippen LogP contribution < -0.4 is 28.7 Å². The first-order chi connectivity index (χ1) is 32.2. The molecule has 2 saturated carbocycles. The topological polar surface area (TPSA) is 43.4 Å². The first-order valence-corrected chi connectivity index (χ1v) is 23.0. The monoisotopic (exact) mass is 854 g/mol. The molecule has 4 unspecified atom stereocenters. The van der Waals surface area contributed by atoms with E-state index in [0.717, 1.165) is 89.2 Å². The fourth-order valence-electron chi connectivity index (χ4n) is 9.22. The van der Waals surface area contributed by atoms with Crippen LogP contribution in [-0.4, -0.2) is 12.6 Å². The smallest absolute Gasteiger partial charge is 0.243 e. The molecule has 8 aromatic rings. The first kappa shape index (κ1) is 41.6. The summed E-state index contributed by atoms with van der Waals surface area (Å²) >= 11 is 0. The average molecular weight is 855 g/mol. The van der Waals surface area contributed by atoms with E-state index in [4.69, 9.17) is 18.9 Å². The van der Waals surface area contributed by atoms with Crippen molar-refractivity contribution in [1.82, 2.24) is 0 Å². The highest BCUT2D eigenvalue weighted by Crippen LogP contribution is 2.47. The number of rotatable bonds is 17. The summed E-state index contributed by atoms with van der Waals surface area (Å²) in [7, 11) is 0. The third kappa shape index (κ3) is 9.88. The van der Waals surface area contributed by atoms with Gasteiger partial charge in [-0.1, -0.05) is 116 Å². The lowest BCUT2D eigenvalue weighted by Crippen LogP contribution is -2.36. The summed E-state index contributed by atoms with van der Waals surface area (Å²) in [4.78, 5) is 4.63. The zero-order valence-corrected chi connectivity index (χ0v) is 36.5. The molecule has 2 aliphatic carbocycles. The van der Waals surface area contributed by atoms with E-state index in [2.05, 4.69) is 161 Å². The molecule has 324 valence electrons. The van der Waals surface area contributed by atoms with Gasteiger partial charge in [-0.15, -0.1) is 0 Å². The minimum Gasteiger partial charge on any atom is -0.455 e. The number of hydrogen-bond donors (Lipinski definition) is 0. The van der Waals surface area contributed by atoms with E-state index >= 15 is 0 Å². The summed E-state index contributed by atoms with van der Waals surface area (Å²) < 4.78 is 26.6. The van der Waals surface area contributed by atoms with Crippen LogP contribution in [0.25, 0.3) is 0 Å². The van der Waals surface area contributed by atoms with Crippen molar-refractivity contribution in [3.05, 3.63) is 230 Å². The Hall–Kier alpha value is -7.44. The molecule has 0 amide bonds. The van der Waals surface area contributed by atoms with Crippen molar-refractivity contribution in [1.29, 1.82) is 0 Å². The molecule has 0 bridgehead atoms. The number of nitrogens with zero attached hydrogens (tertiary/aromatic N) is 2. The molecular weight excluding hydrogens is 801 g/mol. The molecule has 4 atom stereocenters. The van der Waals surface area contributed by atoms with Gasteiger partial charge in [0.1, 0.15) is 23.0 Å². The Morgan fingerprint density at radius 1 is 0.323 bits per heavy atom. The molecule has 2 fully saturated rings. The quantitative estimate of drug-likeness (QED) is 0.0850. The molecule has 0 saturated heterocycles. The molecule has 0 heterocycles.